The highest BCUT2D eigenvalue weighted by molar-refractivity contribution is 5.70. The third kappa shape index (κ3) is 63.4. The van der Waals surface area contributed by atoms with Crippen LogP contribution in [0.25, 0.3) is 0 Å². The van der Waals surface area contributed by atoms with E-state index < -0.39 is 24.3 Å². The first kappa shape index (κ1) is 77.8. The molecule has 0 aromatic heterocycles. The van der Waals surface area contributed by atoms with Crippen LogP contribution in [-0.2, 0) is 33.3 Å². The molecule has 0 N–H and O–H groups in total. The van der Waals surface area contributed by atoms with Gasteiger partial charge in [0.05, 0.1) is 40.3 Å². The molecule has 80 heavy (non-hydrogen) atoms. The SMILES string of the molecule is CCCC/C=C\C/C=C\CCCCCCCC(=O)OC(COC(=O)CCCCCCCCCCCCCCCCCCCCCCCCCCCCCCCCCCCCCCCCCCC)COC(OCC[N+](C)(C)C)C(=O)[O-]. The quantitative estimate of drug-likeness (QED) is 0.0195. The van der Waals surface area contributed by atoms with Crippen molar-refractivity contribution in [2.45, 2.75) is 367 Å². The van der Waals surface area contributed by atoms with E-state index in [2.05, 4.69) is 38.2 Å². The van der Waals surface area contributed by atoms with Crippen molar-refractivity contribution < 1.29 is 42.9 Å². The minimum atomic E-state index is -1.62. The molecule has 0 fully saturated rings. The van der Waals surface area contributed by atoms with E-state index in [1.165, 1.54) is 257 Å². The number of likely N-dealkylation sites (N-methyl/N-ethyl adjacent to an activating group) is 1. The molecule has 0 aromatic rings. The summed E-state index contributed by atoms with van der Waals surface area (Å²) in [4.78, 5) is 37.3. The van der Waals surface area contributed by atoms with Crippen molar-refractivity contribution in [3.05, 3.63) is 24.3 Å². The van der Waals surface area contributed by atoms with Crippen LogP contribution in [0, 0.1) is 0 Å². The third-order valence-corrected chi connectivity index (χ3v) is 16.0. The molecule has 0 aromatic carbocycles. The normalized spacial score (nSPS) is 12.8. The minimum absolute atomic E-state index is 0.147. The second-order valence-electron chi connectivity index (χ2n) is 25.2. The maximum atomic E-state index is 12.8. The number of hydrogen-bond acceptors (Lipinski definition) is 8. The van der Waals surface area contributed by atoms with Crippen molar-refractivity contribution in [3.63, 3.8) is 0 Å². The fraction of sp³-hybridized carbons (Fsp3) is 0.901. The summed E-state index contributed by atoms with van der Waals surface area (Å²) in [5.41, 5.74) is 0. The Morgan fingerprint density at radius 1 is 0.375 bits per heavy atom. The monoisotopic (exact) mass is 1130 g/mol. The lowest BCUT2D eigenvalue weighted by Crippen LogP contribution is -2.44. The summed E-state index contributed by atoms with van der Waals surface area (Å²) in [7, 11) is 5.93. The summed E-state index contributed by atoms with van der Waals surface area (Å²) in [6.45, 7) is 4.74. The number of nitrogens with zero attached hydrogens (tertiary/aromatic N) is 1. The molecule has 0 aliphatic heterocycles. The second-order valence-corrected chi connectivity index (χ2v) is 25.2. The molecule has 0 bridgehead atoms. The number of aliphatic carboxylic acids is 1. The van der Waals surface area contributed by atoms with Gasteiger partial charge in [-0.05, 0) is 38.5 Å². The zero-order valence-electron chi connectivity index (χ0n) is 54.0. The Morgan fingerprint density at radius 2 is 0.688 bits per heavy atom. The highest BCUT2D eigenvalue weighted by Crippen LogP contribution is 2.19. The molecule has 0 aliphatic carbocycles. The van der Waals surface area contributed by atoms with Gasteiger partial charge < -0.3 is 33.3 Å². The third-order valence-electron chi connectivity index (χ3n) is 16.0. The van der Waals surface area contributed by atoms with Gasteiger partial charge in [-0.15, -0.1) is 0 Å². The van der Waals surface area contributed by atoms with Crippen molar-refractivity contribution in [2.75, 3.05) is 47.5 Å². The Kier molecular flexibility index (Phi) is 61.1. The second kappa shape index (κ2) is 62.8. The summed E-state index contributed by atoms with van der Waals surface area (Å²) < 4.78 is 22.7. The molecular weight excluding hydrogens is 995 g/mol. The van der Waals surface area contributed by atoms with Gasteiger partial charge in [0.25, 0.3) is 0 Å². The average molecular weight is 1130 g/mol. The first-order chi connectivity index (χ1) is 39.1. The fourth-order valence-electron chi connectivity index (χ4n) is 10.6. The van der Waals surface area contributed by atoms with Crippen LogP contribution in [-0.4, -0.2) is 82.3 Å². The van der Waals surface area contributed by atoms with E-state index in [1.807, 2.05) is 21.1 Å². The number of carbonyl (C=O) groups excluding carboxylic acids is 3. The molecule has 472 valence electrons. The van der Waals surface area contributed by atoms with Crippen LogP contribution in [0.1, 0.15) is 354 Å². The predicted molar refractivity (Wildman–Crippen MR) is 339 cm³/mol. The number of ether oxygens (including phenoxy) is 4. The molecule has 0 aliphatic rings. The van der Waals surface area contributed by atoms with Gasteiger partial charge in [-0.2, -0.15) is 0 Å². The maximum absolute atomic E-state index is 12.8. The van der Waals surface area contributed by atoms with E-state index in [1.54, 1.807) is 0 Å². The zero-order valence-corrected chi connectivity index (χ0v) is 54.0. The highest BCUT2D eigenvalue weighted by atomic mass is 16.7. The summed E-state index contributed by atoms with van der Waals surface area (Å²) in [5, 5.41) is 11.8. The summed E-state index contributed by atoms with van der Waals surface area (Å²) >= 11 is 0. The molecule has 9 heteroatoms. The number of esters is 2. The van der Waals surface area contributed by atoms with E-state index in [4.69, 9.17) is 18.9 Å². The Morgan fingerprint density at radius 3 is 1.02 bits per heavy atom. The number of quaternary nitrogens is 1. The number of unbranched alkanes of at least 4 members (excludes halogenated alkanes) is 47. The minimum Gasteiger partial charge on any atom is -0.545 e. The maximum Gasteiger partial charge on any atom is 0.306 e. The lowest BCUT2D eigenvalue weighted by Gasteiger charge is -2.26. The van der Waals surface area contributed by atoms with Crippen LogP contribution < -0.4 is 5.11 Å². The Balaban J connectivity index is 3.84. The van der Waals surface area contributed by atoms with Crippen LogP contribution in [0.4, 0.5) is 0 Å². The topological polar surface area (TPSA) is 111 Å². The van der Waals surface area contributed by atoms with Gasteiger partial charge in [-0.1, -0.05) is 327 Å². The van der Waals surface area contributed by atoms with Gasteiger partial charge in [0, 0.05) is 12.8 Å². The van der Waals surface area contributed by atoms with Gasteiger partial charge in [0.2, 0.25) is 0 Å². The Hall–Kier alpha value is -2.23. The largest absolute Gasteiger partial charge is 0.545 e. The van der Waals surface area contributed by atoms with E-state index in [-0.39, 0.29) is 32.2 Å². The van der Waals surface area contributed by atoms with Gasteiger partial charge in [0.15, 0.2) is 12.4 Å². The van der Waals surface area contributed by atoms with Crippen molar-refractivity contribution in [2.24, 2.45) is 0 Å². The molecule has 0 radical (unpaired) electrons. The molecule has 2 unspecified atom stereocenters. The molecule has 0 rings (SSSR count). The molecule has 0 saturated carbocycles. The molecular formula is C71H135NO8. The summed E-state index contributed by atoms with van der Waals surface area (Å²) in [6, 6.07) is 0. The van der Waals surface area contributed by atoms with Crippen LogP contribution in [0.3, 0.4) is 0 Å². The van der Waals surface area contributed by atoms with E-state index in [0.29, 0.717) is 23.9 Å². The van der Waals surface area contributed by atoms with Crippen LogP contribution in [0.2, 0.25) is 0 Å². The van der Waals surface area contributed by atoms with E-state index >= 15 is 0 Å². The van der Waals surface area contributed by atoms with Gasteiger partial charge in [-0.3, -0.25) is 9.59 Å². The van der Waals surface area contributed by atoms with Crippen molar-refractivity contribution in [1.82, 2.24) is 0 Å². The average Bonchev–Trinajstić information content (AvgIpc) is 3.43. The number of allylic oxidation sites excluding steroid dienone is 4. The van der Waals surface area contributed by atoms with Crippen molar-refractivity contribution in [3.8, 4) is 0 Å². The summed E-state index contributed by atoms with van der Waals surface area (Å²) in [6.07, 6.45) is 74.5. The molecule has 0 amide bonds. The lowest BCUT2D eigenvalue weighted by molar-refractivity contribution is -0.870. The first-order valence-corrected chi connectivity index (χ1v) is 35.0. The van der Waals surface area contributed by atoms with Crippen molar-refractivity contribution >= 4 is 17.9 Å². The molecule has 2 atom stereocenters. The zero-order chi connectivity index (χ0) is 58.3. The van der Waals surface area contributed by atoms with Gasteiger partial charge in [-0.25, -0.2) is 0 Å². The Labute approximate surface area is 497 Å². The Bertz CT molecular complexity index is 1360. The number of rotatable bonds is 66. The van der Waals surface area contributed by atoms with Gasteiger partial charge in [0.1, 0.15) is 13.2 Å². The van der Waals surface area contributed by atoms with Crippen LogP contribution in [0.15, 0.2) is 24.3 Å². The first-order valence-electron chi connectivity index (χ1n) is 35.0. The number of hydrogen-bond donors (Lipinski definition) is 0. The van der Waals surface area contributed by atoms with Crippen molar-refractivity contribution in [1.29, 1.82) is 0 Å². The summed E-state index contributed by atoms with van der Waals surface area (Å²) in [5.74, 6) is -2.28. The number of carboxylic acid groups (broad SMARTS) is 1. The number of carboxylic acids is 1. The van der Waals surface area contributed by atoms with E-state index in [0.717, 1.165) is 64.2 Å². The van der Waals surface area contributed by atoms with Gasteiger partial charge >= 0.3 is 11.9 Å². The molecule has 0 spiro atoms. The molecule has 0 heterocycles. The fourth-order valence-corrected chi connectivity index (χ4v) is 10.6. The lowest BCUT2D eigenvalue weighted by atomic mass is 10.0. The highest BCUT2D eigenvalue weighted by Gasteiger charge is 2.22. The van der Waals surface area contributed by atoms with E-state index in [9.17, 15) is 19.5 Å². The smallest absolute Gasteiger partial charge is 0.306 e. The predicted octanol–water partition coefficient (Wildman–Crippen LogP) is 20.1. The van der Waals surface area contributed by atoms with Crippen LogP contribution >= 0.6 is 0 Å². The standard InChI is InChI=1S/C71H135NO8/c1-6-8-10-12-14-16-18-20-22-23-24-25-26-27-28-29-30-31-32-33-34-35-36-37-38-39-40-41-42-43-44-45-46-47-48-50-51-53-55-57-59-61-68(73)78-65-67(66-79-71(70(75)76)77-64-63-72(3,4)5)80-69(74)62-60-58-56-54-52-49-21-19-17-15-13-11-9-7-2/h13,15,19,21,67,71H,6-12,14,16-18,20,22-66H2,1-5H3/b15-13-,21-19-. The molecule has 0 saturated heterocycles. The van der Waals surface area contributed by atoms with Crippen LogP contribution in [0.5, 0.6) is 0 Å². The molecule has 9 nitrogen and oxygen atoms in total. The number of carbonyl (C=O) groups is 3.